The summed E-state index contributed by atoms with van der Waals surface area (Å²) in [5.41, 5.74) is 0.868. The SMILES string of the molecule is COc1ccc2c(c1)OC(C)(C)CN(C(=O)C1=NO[C@@H]3COC[C@H]13)C2. The summed E-state index contributed by atoms with van der Waals surface area (Å²) < 4.78 is 16.8. The molecule has 1 aromatic carbocycles. The van der Waals surface area contributed by atoms with Crippen molar-refractivity contribution in [3.63, 3.8) is 0 Å². The van der Waals surface area contributed by atoms with E-state index in [1.807, 2.05) is 32.0 Å². The van der Waals surface area contributed by atoms with E-state index in [0.29, 0.717) is 32.0 Å². The fourth-order valence-electron chi connectivity index (χ4n) is 3.53. The number of hydrogen-bond acceptors (Lipinski definition) is 6. The molecule has 25 heavy (non-hydrogen) atoms. The average Bonchev–Trinajstić information content (AvgIpc) is 3.14. The number of nitrogens with zero attached hydrogens (tertiary/aromatic N) is 2. The molecule has 7 nitrogen and oxygen atoms in total. The Balaban J connectivity index is 1.62. The summed E-state index contributed by atoms with van der Waals surface area (Å²) >= 11 is 0. The highest BCUT2D eigenvalue weighted by atomic mass is 16.7. The molecule has 0 N–H and O–H groups in total. The van der Waals surface area contributed by atoms with Crippen molar-refractivity contribution < 1.29 is 23.8 Å². The van der Waals surface area contributed by atoms with Crippen LogP contribution in [-0.4, -0.2) is 55.1 Å². The van der Waals surface area contributed by atoms with Crippen LogP contribution in [0.4, 0.5) is 0 Å². The van der Waals surface area contributed by atoms with Crippen LogP contribution in [0.2, 0.25) is 0 Å². The number of rotatable bonds is 2. The van der Waals surface area contributed by atoms with E-state index in [1.165, 1.54) is 0 Å². The van der Waals surface area contributed by atoms with Gasteiger partial charge in [-0.3, -0.25) is 4.79 Å². The van der Waals surface area contributed by atoms with Crippen molar-refractivity contribution in [1.82, 2.24) is 4.90 Å². The molecule has 1 amide bonds. The Morgan fingerprint density at radius 1 is 1.36 bits per heavy atom. The fraction of sp³-hybridized carbons (Fsp3) is 0.556. The van der Waals surface area contributed by atoms with Crippen molar-refractivity contribution in [3.05, 3.63) is 23.8 Å². The standard InChI is InChI=1S/C18H22N2O5/c1-18(2)10-20(7-11-4-5-12(22-3)6-14(11)24-18)17(21)16-13-8-23-9-15(13)25-19-16/h4-6,13,15H,7-10H2,1-3H3/t13-,15+/m0/s1. The topological polar surface area (TPSA) is 69.6 Å². The van der Waals surface area contributed by atoms with Crippen LogP contribution < -0.4 is 9.47 Å². The van der Waals surface area contributed by atoms with Crippen LogP contribution in [0, 0.1) is 5.92 Å². The molecule has 0 unspecified atom stereocenters. The third-order valence-electron chi connectivity index (χ3n) is 4.77. The lowest BCUT2D eigenvalue weighted by Crippen LogP contribution is -2.47. The zero-order valence-electron chi connectivity index (χ0n) is 14.7. The highest BCUT2D eigenvalue weighted by Crippen LogP contribution is 2.34. The van der Waals surface area contributed by atoms with Gasteiger partial charge in [-0.2, -0.15) is 0 Å². The van der Waals surface area contributed by atoms with Gasteiger partial charge in [0.15, 0.2) is 11.8 Å². The van der Waals surface area contributed by atoms with E-state index in [-0.39, 0.29) is 17.9 Å². The predicted octanol–water partition coefficient (Wildman–Crippen LogP) is 1.60. The zero-order valence-corrected chi connectivity index (χ0v) is 14.7. The van der Waals surface area contributed by atoms with E-state index in [2.05, 4.69) is 5.16 Å². The third kappa shape index (κ3) is 2.93. The number of carbonyl (C=O) groups is 1. The van der Waals surface area contributed by atoms with E-state index >= 15 is 0 Å². The van der Waals surface area contributed by atoms with Crippen molar-refractivity contribution in [2.24, 2.45) is 11.1 Å². The average molecular weight is 346 g/mol. The van der Waals surface area contributed by atoms with E-state index in [0.717, 1.165) is 17.1 Å². The minimum absolute atomic E-state index is 0.0740. The Hall–Kier alpha value is -2.28. The van der Waals surface area contributed by atoms with Gasteiger partial charge in [0.1, 0.15) is 17.1 Å². The molecule has 2 atom stereocenters. The molecular weight excluding hydrogens is 324 g/mol. The number of ether oxygens (including phenoxy) is 3. The number of oxime groups is 1. The Morgan fingerprint density at radius 2 is 2.20 bits per heavy atom. The van der Waals surface area contributed by atoms with Crippen LogP contribution in [0.5, 0.6) is 11.5 Å². The molecule has 0 spiro atoms. The predicted molar refractivity (Wildman–Crippen MR) is 89.7 cm³/mol. The first-order valence-electron chi connectivity index (χ1n) is 8.43. The molecule has 1 saturated heterocycles. The van der Waals surface area contributed by atoms with Crippen molar-refractivity contribution >= 4 is 11.6 Å². The van der Waals surface area contributed by atoms with Gasteiger partial charge in [-0.25, -0.2) is 0 Å². The number of carbonyl (C=O) groups excluding carboxylic acids is 1. The molecule has 0 aliphatic carbocycles. The van der Waals surface area contributed by atoms with E-state index in [1.54, 1.807) is 12.0 Å². The summed E-state index contributed by atoms with van der Waals surface area (Å²) in [5, 5.41) is 4.04. The maximum atomic E-state index is 13.1. The maximum Gasteiger partial charge on any atom is 0.272 e. The van der Waals surface area contributed by atoms with Gasteiger partial charge in [-0.05, 0) is 26.0 Å². The van der Waals surface area contributed by atoms with Gasteiger partial charge in [0.2, 0.25) is 0 Å². The number of amides is 1. The number of fused-ring (bicyclic) bond motifs is 2. The summed E-state index contributed by atoms with van der Waals surface area (Å²) in [5.74, 6) is 1.29. The first kappa shape index (κ1) is 16.2. The number of methoxy groups -OCH3 is 1. The van der Waals surface area contributed by atoms with Gasteiger partial charge in [0, 0.05) is 18.2 Å². The van der Waals surface area contributed by atoms with Gasteiger partial charge in [0.05, 0.1) is 32.8 Å². The van der Waals surface area contributed by atoms with E-state index < -0.39 is 5.60 Å². The van der Waals surface area contributed by atoms with E-state index in [9.17, 15) is 4.79 Å². The highest BCUT2D eigenvalue weighted by Gasteiger charge is 2.45. The largest absolute Gasteiger partial charge is 0.497 e. The fourth-order valence-corrected chi connectivity index (χ4v) is 3.53. The highest BCUT2D eigenvalue weighted by molar-refractivity contribution is 6.40. The lowest BCUT2D eigenvalue weighted by molar-refractivity contribution is -0.126. The Kier molecular flexibility index (Phi) is 3.83. The quantitative estimate of drug-likeness (QED) is 0.813. The third-order valence-corrected chi connectivity index (χ3v) is 4.77. The van der Waals surface area contributed by atoms with E-state index in [4.69, 9.17) is 19.0 Å². The molecule has 4 rings (SSSR count). The molecule has 1 fully saturated rings. The molecule has 134 valence electrons. The van der Waals surface area contributed by atoms with Gasteiger partial charge >= 0.3 is 0 Å². The van der Waals surface area contributed by atoms with Crippen LogP contribution in [0.15, 0.2) is 23.4 Å². The molecule has 3 heterocycles. The first-order chi connectivity index (χ1) is 12.0. The van der Waals surface area contributed by atoms with Crippen molar-refractivity contribution in [2.45, 2.75) is 32.1 Å². The molecule has 1 aromatic rings. The van der Waals surface area contributed by atoms with Crippen LogP contribution in [-0.2, 0) is 20.9 Å². The molecular formula is C18H22N2O5. The lowest BCUT2D eigenvalue weighted by atomic mass is 9.99. The first-order valence-corrected chi connectivity index (χ1v) is 8.43. The maximum absolute atomic E-state index is 13.1. The summed E-state index contributed by atoms with van der Waals surface area (Å²) in [6, 6.07) is 5.67. The van der Waals surface area contributed by atoms with Crippen LogP contribution in [0.1, 0.15) is 19.4 Å². The molecule has 0 bridgehead atoms. The van der Waals surface area contributed by atoms with Gasteiger partial charge < -0.3 is 23.9 Å². The Bertz CT molecular complexity index is 730. The second-order valence-electron chi connectivity index (χ2n) is 7.26. The van der Waals surface area contributed by atoms with Gasteiger partial charge in [-0.15, -0.1) is 0 Å². The van der Waals surface area contributed by atoms with Gasteiger partial charge in [0.25, 0.3) is 5.91 Å². The molecule has 0 saturated carbocycles. The Morgan fingerprint density at radius 3 is 3.00 bits per heavy atom. The minimum Gasteiger partial charge on any atom is -0.497 e. The summed E-state index contributed by atoms with van der Waals surface area (Å²) in [6.45, 7) is 5.82. The zero-order chi connectivity index (χ0) is 17.6. The smallest absolute Gasteiger partial charge is 0.272 e. The normalized spacial score (nSPS) is 26.7. The Labute approximate surface area is 146 Å². The summed E-state index contributed by atoms with van der Waals surface area (Å²) in [7, 11) is 1.62. The van der Waals surface area contributed by atoms with Crippen LogP contribution in [0.25, 0.3) is 0 Å². The second kappa shape index (κ2) is 5.91. The monoisotopic (exact) mass is 346 g/mol. The summed E-state index contributed by atoms with van der Waals surface area (Å²) in [4.78, 5) is 20.2. The second-order valence-corrected chi connectivity index (χ2v) is 7.26. The molecule has 3 aliphatic rings. The molecule has 0 radical (unpaired) electrons. The summed E-state index contributed by atoms with van der Waals surface area (Å²) in [6.07, 6.45) is -0.133. The number of hydrogen-bond donors (Lipinski definition) is 0. The molecule has 0 aromatic heterocycles. The van der Waals surface area contributed by atoms with Crippen molar-refractivity contribution in [1.29, 1.82) is 0 Å². The van der Waals surface area contributed by atoms with Crippen molar-refractivity contribution in [2.75, 3.05) is 26.9 Å². The molecule has 7 heteroatoms. The van der Waals surface area contributed by atoms with Crippen LogP contribution >= 0.6 is 0 Å². The molecule has 3 aliphatic heterocycles. The number of benzene rings is 1. The van der Waals surface area contributed by atoms with Gasteiger partial charge in [-0.1, -0.05) is 5.16 Å². The minimum atomic E-state index is -0.529. The lowest BCUT2D eigenvalue weighted by Gasteiger charge is -2.29. The van der Waals surface area contributed by atoms with Crippen molar-refractivity contribution in [3.8, 4) is 11.5 Å². The van der Waals surface area contributed by atoms with Crippen LogP contribution in [0.3, 0.4) is 0 Å².